The second kappa shape index (κ2) is 15.0. The number of benzene rings is 3. The van der Waals surface area contributed by atoms with Crippen molar-refractivity contribution in [1.29, 1.82) is 0 Å². The molecule has 3 aromatic carbocycles. The van der Waals surface area contributed by atoms with E-state index in [4.69, 9.17) is 34.7 Å². The number of rotatable bonds is 6. The van der Waals surface area contributed by atoms with Gasteiger partial charge in [-0.05, 0) is 47.5 Å². The predicted molar refractivity (Wildman–Crippen MR) is 155 cm³/mol. The van der Waals surface area contributed by atoms with Gasteiger partial charge in [0, 0.05) is 11.5 Å². The van der Waals surface area contributed by atoms with E-state index in [0.717, 1.165) is 11.1 Å². The molecule has 0 aromatic heterocycles. The van der Waals surface area contributed by atoms with Gasteiger partial charge in [0.25, 0.3) is 0 Å². The number of hydrogen-bond acceptors (Lipinski definition) is 4. The minimum atomic E-state index is -0.506. The minimum Gasteiger partial charge on any atom is -0.378 e. The maximum absolute atomic E-state index is 13.3. The topological polar surface area (TPSA) is 76.8 Å². The van der Waals surface area contributed by atoms with E-state index < -0.39 is 11.6 Å². The van der Waals surface area contributed by atoms with E-state index in [0.29, 0.717) is 33.2 Å². The first-order valence-corrected chi connectivity index (χ1v) is 12.0. The van der Waals surface area contributed by atoms with Crippen LogP contribution in [-0.2, 0) is 11.5 Å². The molecule has 0 aliphatic heterocycles. The summed E-state index contributed by atoms with van der Waals surface area (Å²) in [5.41, 5.74) is 15.1. The number of aliphatic imine (C=N–C) groups is 2. The maximum Gasteiger partial charge on any atom is 0.159 e. The highest BCUT2D eigenvalue weighted by atomic mass is 79.9. The van der Waals surface area contributed by atoms with Crippen LogP contribution >= 0.6 is 80.7 Å². The predicted octanol–water partition coefficient (Wildman–Crippen LogP) is 8.19. The highest BCUT2D eigenvalue weighted by molar-refractivity contribution is 8.93. The van der Waals surface area contributed by atoms with E-state index in [2.05, 4.69) is 9.98 Å². The van der Waals surface area contributed by atoms with Crippen LogP contribution in [0.15, 0.2) is 70.6 Å². The Morgan fingerprint density at radius 2 is 1.09 bits per heavy atom. The van der Waals surface area contributed by atoms with E-state index in [1.54, 1.807) is 0 Å². The Kier molecular flexibility index (Phi) is 13.5. The van der Waals surface area contributed by atoms with Crippen LogP contribution < -0.4 is 11.5 Å². The molecule has 0 saturated carbocycles. The summed E-state index contributed by atoms with van der Waals surface area (Å²) in [6.45, 7) is 0. The third-order valence-corrected chi connectivity index (χ3v) is 6.42. The van der Waals surface area contributed by atoms with Crippen LogP contribution in [0.1, 0.15) is 11.1 Å². The van der Waals surface area contributed by atoms with Crippen LogP contribution in [0.2, 0.25) is 10.0 Å². The summed E-state index contributed by atoms with van der Waals surface area (Å²) >= 11 is 14.3. The average Bonchev–Trinajstić information content (AvgIpc) is 2.76. The van der Waals surface area contributed by atoms with Crippen molar-refractivity contribution >= 4 is 102 Å². The quantitative estimate of drug-likeness (QED) is 0.205. The molecule has 12 heteroatoms. The van der Waals surface area contributed by atoms with E-state index in [1.165, 1.54) is 59.9 Å². The van der Waals surface area contributed by atoms with Crippen molar-refractivity contribution in [3.63, 3.8) is 0 Å². The van der Waals surface area contributed by atoms with Gasteiger partial charge in [-0.1, -0.05) is 71.0 Å². The monoisotopic (exact) mass is 670 g/mol. The smallest absolute Gasteiger partial charge is 0.159 e. The van der Waals surface area contributed by atoms with Crippen molar-refractivity contribution in [3.8, 4) is 0 Å². The standard InChI is InChI=1S/C22H18Cl2F2N4S2.2BrH/c23-17-9-15(5-7-19(17)25)29-21(27)31-11-13-3-1-2-4-14(13)12-32-22(28)30-16-6-8-20(26)18(24)10-16;;/h1-10H,11-12H2,(H2,27,29)(H2,28,30);2*1H. The molecule has 0 unspecified atom stereocenters. The first-order chi connectivity index (χ1) is 15.3. The molecule has 0 fully saturated rings. The van der Waals surface area contributed by atoms with Gasteiger partial charge in [0.1, 0.15) is 11.6 Å². The van der Waals surface area contributed by atoms with Crippen LogP contribution in [0.3, 0.4) is 0 Å². The number of nitrogens with zero attached hydrogens (tertiary/aromatic N) is 2. The van der Waals surface area contributed by atoms with Crippen LogP contribution in [0.25, 0.3) is 0 Å². The molecule has 0 radical (unpaired) electrons. The lowest BCUT2D eigenvalue weighted by atomic mass is 10.1. The van der Waals surface area contributed by atoms with Gasteiger partial charge < -0.3 is 11.5 Å². The Morgan fingerprint density at radius 3 is 1.44 bits per heavy atom. The molecule has 0 bridgehead atoms. The Bertz CT molecular complexity index is 1090. The number of nitrogens with two attached hydrogens (primary N) is 2. The van der Waals surface area contributed by atoms with Crippen molar-refractivity contribution in [2.75, 3.05) is 0 Å². The van der Waals surface area contributed by atoms with Gasteiger partial charge in [-0.3, -0.25) is 0 Å². The van der Waals surface area contributed by atoms with E-state index in [9.17, 15) is 8.78 Å². The fourth-order valence-electron chi connectivity index (χ4n) is 2.57. The zero-order valence-corrected chi connectivity index (χ0v) is 24.0. The fraction of sp³-hybridized carbons (Fsp3) is 0.0909. The Morgan fingerprint density at radius 1 is 0.706 bits per heavy atom. The van der Waals surface area contributed by atoms with Gasteiger partial charge in [-0.2, -0.15) is 0 Å². The van der Waals surface area contributed by atoms with Gasteiger partial charge in [-0.15, -0.1) is 34.0 Å². The lowest BCUT2D eigenvalue weighted by molar-refractivity contribution is 0.628. The molecule has 34 heavy (non-hydrogen) atoms. The van der Waals surface area contributed by atoms with E-state index in [-0.39, 0.29) is 44.0 Å². The molecule has 3 rings (SSSR count). The van der Waals surface area contributed by atoms with E-state index in [1.807, 2.05) is 24.3 Å². The summed E-state index contributed by atoms with van der Waals surface area (Å²) in [4.78, 5) is 8.53. The summed E-state index contributed by atoms with van der Waals surface area (Å²) in [6, 6.07) is 16.2. The van der Waals surface area contributed by atoms with Crippen LogP contribution in [-0.4, -0.2) is 10.3 Å². The molecular weight excluding hydrogens is 653 g/mol. The van der Waals surface area contributed by atoms with Gasteiger partial charge in [-0.25, -0.2) is 18.8 Å². The van der Waals surface area contributed by atoms with Crippen LogP contribution in [0.5, 0.6) is 0 Å². The Labute approximate surface area is 236 Å². The van der Waals surface area contributed by atoms with Gasteiger partial charge >= 0.3 is 0 Å². The van der Waals surface area contributed by atoms with Crippen molar-refractivity contribution in [1.82, 2.24) is 0 Å². The molecular formula is C22H20Br2Cl2F2N4S2. The Balaban J connectivity index is 0.00000289. The summed E-state index contributed by atoms with van der Waals surface area (Å²) in [5.74, 6) is 0.166. The molecule has 0 heterocycles. The number of thioether (sulfide) groups is 2. The number of hydrogen-bond donors (Lipinski definition) is 2. The molecule has 0 aliphatic rings. The highest BCUT2D eigenvalue weighted by Crippen LogP contribution is 2.26. The molecule has 0 saturated heterocycles. The van der Waals surface area contributed by atoms with Crippen molar-refractivity contribution in [3.05, 3.63) is 93.5 Å². The molecule has 3 aromatic rings. The van der Waals surface area contributed by atoms with Gasteiger partial charge in [0.2, 0.25) is 0 Å². The number of amidine groups is 2. The lowest BCUT2D eigenvalue weighted by Crippen LogP contribution is -2.08. The first-order valence-electron chi connectivity index (χ1n) is 9.22. The van der Waals surface area contributed by atoms with Gasteiger partial charge in [0.05, 0.1) is 21.4 Å². The van der Waals surface area contributed by atoms with Crippen LogP contribution in [0, 0.1) is 11.6 Å². The molecule has 0 spiro atoms. The highest BCUT2D eigenvalue weighted by Gasteiger charge is 2.07. The van der Waals surface area contributed by atoms with Crippen molar-refractivity contribution in [2.24, 2.45) is 21.5 Å². The third kappa shape index (κ3) is 9.39. The summed E-state index contributed by atoms with van der Waals surface area (Å²) < 4.78 is 26.6. The molecule has 0 atom stereocenters. The second-order valence-electron chi connectivity index (χ2n) is 6.44. The molecule has 182 valence electrons. The zero-order chi connectivity index (χ0) is 23.1. The zero-order valence-electron chi connectivity index (χ0n) is 17.4. The second-order valence-corrected chi connectivity index (χ2v) is 9.25. The fourth-order valence-corrected chi connectivity index (χ4v) is 4.43. The molecule has 4 N–H and O–H groups in total. The minimum absolute atomic E-state index is 0. The first kappa shape index (κ1) is 30.7. The van der Waals surface area contributed by atoms with Crippen molar-refractivity contribution in [2.45, 2.75) is 11.5 Å². The lowest BCUT2D eigenvalue weighted by Gasteiger charge is -2.09. The van der Waals surface area contributed by atoms with Gasteiger partial charge in [0.15, 0.2) is 10.3 Å². The van der Waals surface area contributed by atoms with Crippen LogP contribution in [0.4, 0.5) is 20.2 Å². The Hall–Kier alpha value is -1.30. The van der Waals surface area contributed by atoms with Crippen molar-refractivity contribution < 1.29 is 8.78 Å². The maximum atomic E-state index is 13.3. The third-order valence-electron chi connectivity index (χ3n) is 4.15. The molecule has 0 aliphatic carbocycles. The largest absolute Gasteiger partial charge is 0.378 e. The van der Waals surface area contributed by atoms with E-state index >= 15 is 0 Å². The molecule has 4 nitrogen and oxygen atoms in total. The summed E-state index contributed by atoms with van der Waals surface area (Å²) in [7, 11) is 0. The number of halogens is 6. The summed E-state index contributed by atoms with van der Waals surface area (Å²) in [5, 5.41) is 0.663. The molecule has 0 amide bonds. The average molecular weight is 673 g/mol. The normalized spacial score (nSPS) is 11.5. The SMILES string of the molecule is Br.Br.NC(=Nc1ccc(F)c(Cl)c1)SCc1ccccc1CSC(N)=Nc1ccc(F)c(Cl)c1. The summed E-state index contributed by atoms with van der Waals surface area (Å²) in [6.07, 6.45) is 0.